The van der Waals surface area contributed by atoms with Gasteiger partial charge in [-0.3, -0.25) is 5.41 Å². The van der Waals surface area contributed by atoms with Gasteiger partial charge in [-0.05, 0) is 46.5 Å². The van der Waals surface area contributed by atoms with Gasteiger partial charge in [0.25, 0.3) is 0 Å². The Bertz CT molecular complexity index is 523. The first kappa shape index (κ1) is 15.9. The molecule has 0 aromatic heterocycles. The Morgan fingerprint density at radius 3 is 2.43 bits per heavy atom. The van der Waals surface area contributed by atoms with Crippen molar-refractivity contribution >= 4 is 5.84 Å². The van der Waals surface area contributed by atoms with Crippen molar-refractivity contribution in [1.29, 1.82) is 5.41 Å². The second kappa shape index (κ2) is 6.12. The van der Waals surface area contributed by atoms with E-state index in [1.54, 1.807) is 12.1 Å². The fourth-order valence-electron chi connectivity index (χ4n) is 3.02. The molecule has 1 saturated carbocycles. The molecule has 3 N–H and O–H groups in total. The fraction of sp³-hybridized carbons (Fsp3) is 0.562. The van der Waals surface area contributed by atoms with E-state index in [0.717, 1.165) is 6.54 Å². The number of hydrogen-bond donors (Lipinski definition) is 2. The number of nitrogen functional groups attached to an aromatic ring is 1. The van der Waals surface area contributed by atoms with Crippen LogP contribution in [0.3, 0.4) is 0 Å². The largest absolute Gasteiger partial charge is 0.384 e. The van der Waals surface area contributed by atoms with Crippen LogP contribution in [0.25, 0.3) is 0 Å². The molecule has 0 spiro atoms. The summed E-state index contributed by atoms with van der Waals surface area (Å²) < 4.78 is 14.1. The molecule has 0 aliphatic heterocycles. The summed E-state index contributed by atoms with van der Waals surface area (Å²) in [6, 6.07) is 4.78. The maximum atomic E-state index is 14.1. The third-order valence-electron chi connectivity index (χ3n) is 4.60. The molecule has 1 aromatic carbocycles. The van der Waals surface area contributed by atoms with Gasteiger partial charge in [-0.25, -0.2) is 4.39 Å². The summed E-state index contributed by atoms with van der Waals surface area (Å²) >= 11 is 0. The maximum absolute atomic E-state index is 14.1. The van der Waals surface area contributed by atoms with E-state index in [2.05, 4.69) is 23.9 Å². The van der Waals surface area contributed by atoms with Crippen LogP contribution in [-0.2, 0) is 6.54 Å². The summed E-state index contributed by atoms with van der Waals surface area (Å²) in [5, 5.41) is 7.34. The smallest absolute Gasteiger partial charge is 0.128 e. The molecular weight excluding hydrogens is 267 g/mol. The maximum Gasteiger partial charge on any atom is 0.128 e. The van der Waals surface area contributed by atoms with Crippen molar-refractivity contribution in [2.75, 3.05) is 27.7 Å². The Balaban J connectivity index is 2.03. The molecule has 5 heteroatoms. The molecule has 1 fully saturated rings. The van der Waals surface area contributed by atoms with Crippen LogP contribution >= 0.6 is 0 Å². The number of rotatable bonds is 6. The summed E-state index contributed by atoms with van der Waals surface area (Å²) in [5.74, 6) is -0.392. The van der Waals surface area contributed by atoms with Gasteiger partial charge in [-0.15, -0.1) is 0 Å². The minimum absolute atomic E-state index is 0.102. The lowest BCUT2D eigenvalue weighted by molar-refractivity contribution is 0.0256. The van der Waals surface area contributed by atoms with Gasteiger partial charge in [-0.1, -0.05) is 12.1 Å². The Labute approximate surface area is 126 Å². The first-order valence-corrected chi connectivity index (χ1v) is 7.33. The summed E-state index contributed by atoms with van der Waals surface area (Å²) in [5.41, 5.74) is 6.70. The quantitative estimate of drug-likeness (QED) is 0.623. The van der Waals surface area contributed by atoms with Gasteiger partial charge in [0, 0.05) is 29.8 Å². The number of likely N-dealkylation sites (N-methyl/N-ethyl adjacent to an activating group) is 2. The van der Waals surface area contributed by atoms with Crippen molar-refractivity contribution in [3.63, 3.8) is 0 Å². The van der Waals surface area contributed by atoms with Crippen LogP contribution in [0.4, 0.5) is 4.39 Å². The van der Waals surface area contributed by atoms with Crippen LogP contribution in [0.1, 0.15) is 30.4 Å². The molecule has 0 radical (unpaired) electrons. The highest BCUT2D eigenvalue weighted by Crippen LogP contribution is 2.36. The number of nitrogens with two attached hydrogens (primary N) is 1. The van der Waals surface area contributed by atoms with Crippen LogP contribution in [0.5, 0.6) is 0 Å². The molecule has 1 aliphatic carbocycles. The second-order valence-electron chi connectivity index (χ2n) is 6.36. The number of benzene rings is 1. The van der Waals surface area contributed by atoms with E-state index >= 15 is 0 Å². The number of nitrogens with one attached hydrogen (secondary N) is 1. The minimum Gasteiger partial charge on any atom is -0.384 e. The van der Waals surface area contributed by atoms with Gasteiger partial charge in [0.15, 0.2) is 0 Å². The number of nitrogens with zero attached hydrogens (tertiary/aromatic N) is 2. The van der Waals surface area contributed by atoms with Crippen LogP contribution in [-0.4, -0.2) is 48.9 Å². The van der Waals surface area contributed by atoms with E-state index in [9.17, 15) is 4.39 Å². The third-order valence-corrected chi connectivity index (χ3v) is 4.60. The van der Waals surface area contributed by atoms with E-state index in [0.29, 0.717) is 17.7 Å². The minimum atomic E-state index is -0.290. The molecule has 21 heavy (non-hydrogen) atoms. The summed E-state index contributed by atoms with van der Waals surface area (Å²) in [6.45, 7) is 1.51. The zero-order valence-corrected chi connectivity index (χ0v) is 13.1. The van der Waals surface area contributed by atoms with Gasteiger partial charge < -0.3 is 15.5 Å². The summed E-state index contributed by atoms with van der Waals surface area (Å²) in [7, 11) is 6.27. The van der Waals surface area contributed by atoms with Crippen molar-refractivity contribution in [3.8, 4) is 0 Å². The monoisotopic (exact) mass is 292 g/mol. The Morgan fingerprint density at radius 2 is 2.00 bits per heavy atom. The summed E-state index contributed by atoms with van der Waals surface area (Å²) in [4.78, 5) is 4.47. The Hall–Kier alpha value is -1.46. The SMILES string of the molecule is CN(Cc1ccc(C(=N)N)cc1F)CC1(N(C)C)CCC1. The molecule has 1 aliphatic rings. The average Bonchev–Trinajstić information content (AvgIpc) is 2.35. The van der Waals surface area contributed by atoms with Crippen LogP contribution in [0.2, 0.25) is 0 Å². The molecule has 0 saturated heterocycles. The van der Waals surface area contributed by atoms with Crippen LogP contribution in [0.15, 0.2) is 18.2 Å². The zero-order chi connectivity index (χ0) is 15.6. The Morgan fingerprint density at radius 1 is 1.33 bits per heavy atom. The van der Waals surface area contributed by atoms with E-state index in [1.165, 1.54) is 25.3 Å². The number of halogens is 1. The molecule has 0 atom stereocenters. The van der Waals surface area contributed by atoms with E-state index in [-0.39, 0.29) is 17.2 Å². The first-order chi connectivity index (χ1) is 9.84. The molecule has 1 aromatic rings. The Kier molecular flexibility index (Phi) is 4.64. The molecular formula is C16H25FN4. The highest BCUT2D eigenvalue weighted by Gasteiger charge is 2.39. The van der Waals surface area contributed by atoms with Gasteiger partial charge in [0.05, 0.1) is 0 Å². The van der Waals surface area contributed by atoms with Gasteiger partial charge in [-0.2, -0.15) is 0 Å². The predicted molar refractivity (Wildman–Crippen MR) is 84.0 cm³/mol. The van der Waals surface area contributed by atoms with Crippen molar-refractivity contribution in [2.45, 2.75) is 31.3 Å². The predicted octanol–water partition coefficient (Wildman–Crippen LogP) is 2.03. The van der Waals surface area contributed by atoms with E-state index in [4.69, 9.17) is 11.1 Å². The molecule has 0 heterocycles. The average molecular weight is 292 g/mol. The topological polar surface area (TPSA) is 56.4 Å². The van der Waals surface area contributed by atoms with Crippen molar-refractivity contribution in [3.05, 3.63) is 35.1 Å². The van der Waals surface area contributed by atoms with E-state index in [1.807, 2.05) is 7.05 Å². The molecule has 116 valence electrons. The fourth-order valence-corrected chi connectivity index (χ4v) is 3.02. The third kappa shape index (κ3) is 3.41. The standard InChI is InChI=1S/C16H25FN4/c1-20(2)16(7-4-8-16)11-21(3)10-13-6-5-12(15(18)19)9-14(13)17/h5-6,9H,4,7-8,10-11H2,1-3H3,(H3,18,19). The van der Waals surface area contributed by atoms with Gasteiger partial charge in [0.1, 0.15) is 11.7 Å². The lowest BCUT2D eigenvalue weighted by atomic mass is 9.75. The summed E-state index contributed by atoms with van der Waals surface area (Å²) in [6.07, 6.45) is 3.68. The highest BCUT2D eigenvalue weighted by molar-refractivity contribution is 5.94. The lowest BCUT2D eigenvalue weighted by Gasteiger charge is -2.49. The van der Waals surface area contributed by atoms with E-state index < -0.39 is 0 Å². The molecule has 0 unspecified atom stereocenters. The molecule has 0 bridgehead atoms. The van der Waals surface area contributed by atoms with Crippen molar-refractivity contribution in [1.82, 2.24) is 9.80 Å². The van der Waals surface area contributed by atoms with Crippen molar-refractivity contribution < 1.29 is 4.39 Å². The normalized spacial score (nSPS) is 17.0. The number of hydrogen-bond acceptors (Lipinski definition) is 3. The number of amidine groups is 1. The van der Waals surface area contributed by atoms with Crippen LogP contribution in [0, 0.1) is 11.2 Å². The molecule has 4 nitrogen and oxygen atoms in total. The lowest BCUT2D eigenvalue weighted by Crippen LogP contribution is -2.56. The van der Waals surface area contributed by atoms with Gasteiger partial charge >= 0.3 is 0 Å². The van der Waals surface area contributed by atoms with Gasteiger partial charge in [0.2, 0.25) is 0 Å². The molecule has 0 amide bonds. The second-order valence-corrected chi connectivity index (χ2v) is 6.36. The van der Waals surface area contributed by atoms with Crippen molar-refractivity contribution in [2.24, 2.45) is 5.73 Å². The molecule has 2 rings (SSSR count). The first-order valence-electron chi connectivity index (χ1n) is 7.33. The zero-order valence-electron chi connectivity index (χ0n) is 13.1. The highest BCUT2D eigenvalue weighted by atomic mass is 19.1. The van der Waals surface area contributed by atoms with Crippen LogP contribution < -0.4 is 5.73 Å².